The van der Waals surface area contributed by atoms with Crippen molar-refractivity contribution in [2.24, 2.45) is 0 Å². The van der Waals surface area contributed by atoms with Gasteiger partial charge in [0.2, 0.25) is 0 Å². The van der Waals surface area contributed by atoms with Crippen LogP contribution >= 0.6 is 0 Å². The van der Waals surface area contributed by atoms with E-state index in [-0.39, 0.29) is 5.41 Å². The molecule has 2 aliphatic rings. The van der Waals surface area contributed by atoms with E-state index in [0.717, 1.165) is 39.3 Å². The number of aromatic nitrogens is 3. The first-order valence-corrected chi connectivity index (χ1v) is 22.6. The van der Waals surface area contributed by atoms with Gasteiger partial charge in [-0.1, -0.05) is 196 Å². The second-order valence-corrected chi connectivity index (χ2v) is 18.1. The fourth-order valence-electron chi connectivity index (χ4n) is 11.3. The van der Waals surface area contributed by atoms with E-state index in [9.17, 15) is 0 Å². The van der Waals surface area contributed by atoms with E-state index in [1.807, 2.05) is 6.07 Å². The maximum Gasteiger partial charge on any atom is 0.160 e. The summed E-state index contributed by atoms with van der Waals surface area (Å²) in [5, 5.41) is 2.50. The van der Waals surface area contributed by atoms with Gasteiger partial charge in [-0.3, -0.25) is 0 Å². The van der Waals surface area contributed by atoms with Crippen LogP contribution in [0.15, 0.2) is 224 Å². The monoisotopic (exact) mass is 829 g/mol. The molecule has 2 heterocycles. The predicted molar refractivity (Wildman–Crippen MR) is 268 cm³/mol. The lowest BCUT2D eigenvalue weighted by molar-refractivity contribution is 0.563. The third-order valence-electron chi connectivity index (χ3n) is 14.3. The maximum atomic E-state index is 5.25. The molecule has 0 unspecified atom stereocenters. The van der Waals surface area contributed by atoms with Crippen molar-refractivity contribution in [2.75, 3.05) is 0 Å². The molecule has 13 rings (SSSR count). The Morgan fingerprint density at radius 2 is 0.831 bits per heavy atom. The van der Waals surface area contributed by atoms with E-state index in [1.165, 1.54) is 71.9 Å². The van der Waals surface area contributed by atoms with Crippen molar-refractivity contribution < 1.29 is 0 Å². The number of para-hydroxylation sites is 2. The van der Waals surface area contributed by atoms with Gasteiger partial charge in [0.1, 0.15) is 0 Å². The molecule has 0 fully saturated rings. The van der Waals surface area contributed by atoms with Crippen LogP contribution in [-0.2, 0) is 10.8 Å². The molecule has 0 saturated heterocycles. The van der Waals surface area contributed by atoms with Crippen LogP contribution in [0.5, 0.6) is 0 Å². The third kappa shape index (κ3) is 5.49. The van der Waals surface area contributed by atoms with E-state index < -0.39 is 5.41 Å². The van der Waals surface area contributed by atoms with Gasteiger partial charge >= 0.3 is 0 Å². The van der Waals surface area contributed by atoms with Gasteiger partial charge in [-0.15, -0.1) is 0 Å². The Hall–Kier alpha value is -8.14. The normalized spacial score (nSPS) is 13.9. The minimum atomic E-state index is -0.415. The molecular weight excluding hydrogens is 787 g/mol. The molecule has 0 atom stereocenters. The molecule has 2 aromatic heterocycles. The maximum absolute atomic E-state index is 5.25. The quantitative estimate of drug-likeness (QED) is 0.173. The Bertz CT molecular complexity index is 3590. The van der Waals surface area contributed by atoms with Gasteiger partial charge in [0, 0.05) is 38.6 Å². The fourth-order valence-corrected chi connectivity index (χ4v) is 11.3. The minimum Gasteiger partial charge on any atom is -0.309 e. The van der Waals surface area contributed by atoms with Crippen LogP contribution in [0.25, 0.3) is 83.6 Å². The largest absolute Gasteiger partial charge is 0.309 e. The van der Waals surface area contributed by atoms with Crippen molar-refractivity contribution >= 4 is 21.8 Å². The zero-order valence-corrected chi connectivity index (χ0v) is 36.2. The summed E-state index contributed by atoms with van der Waals surface area (Å²) in [6.07, 6.45) is 0. The summed E-state index contributed by atoms with van der Waals surface area (Å²) in [6.45, 7) is 4.79. The molecule has 9 aromatic carbocycles. The predicted octanol–water partition coefficient (Wildman–Crippen LogP) is 15.2. The molecule has 3 nitrogen and oxygen atoms in total. The summed E-state index contributed by atoms with van der Waals surface area (Å²) in [7, 11) is 0. The number of hydrogen-bond acceptors (Lipinski definition) is 2. The molecule has 0 N–H and O–H groups in total. The van der Waals surface area contributed by atoms with Crippen LogP contribution < -0.4 is 0 Å². The molecule has 306 valence electrons. The van der Waals surface area contributed by atoms with E-state index in [2.05, 4.69) is 237 Å². The van der Waals surface area contributed by atoms with Crippen molar-refractivity contribution in [3.63, 3.8) is 0 Å². The standard InChI is InChI=1S/C62H43N3/c1-61(2)52-27-12-13-28-53(52)62(50-25-10-6-21-46(50)47-22-7-11-26-51(47)62)54-36-33-43(38-55(54)61)42-19-16-20-44(37-42)57-39-56(63-60(64-57)41-17-4-3-5-18-41)40-31-34-45(35-32-40)65-58-29-14-8-23-48(58)49-24-9-15-30-59(49)65/h3-39H,1-2H3. The minimum absolute atomic E-state index is 0.236. The van der Waals surface area contributed by atoms with E-state index in [0.29, 0.717) is 5.82 Å². The van der Waals surface area contributed by atoms with Crippen LogP contribution in [0.4, 0.5) is 0 Å². The average Bonchev–Trinajstić information content (AvgIpc) is 3.87. The second-order valence-electron chi connectivity index (χ2n) is 18.1. The lowest BCUT2D eigenvalue weighted by Crippen LogP contribution is -2.40. The Kier molecular flexibility index (Phi) is 8.17. The van der Waals surface area contributed by atoms with Crippen LogP contribution in [0.1, 0.15) is 47.2 Å². The third-order valence-corrected chi connectivity index (χ3v) is 14.3. The van der Waals surface area contributed by atoms with Gasteiger partial charge in [-0.2, -0.15) is 0 Å². The summed E-state index contributed by atoms with van der Waals surface area (Å²) >= 11 is 0. The Morgan fingerprint density at radius 1 is 0.338 bits per heavy atom. The summed E-state index contributed by atoms with van der Waals surface area (Å²) in [5.41, 5.74) is 20.8. The summed E-state index contributed by atoms with van der Waals surface area (Å²) < 4.78 is 2.35. The average molecular weight is 830 g/mol. The molecule has 0 amide bonds. The smallest absolute Gasteiger partial charge is 0.160 e. The highest BCUT2D eigenvalue weighted by Crippen LogP contribution is 2.62. The Morgan fingerprint density at radius 3 is 1.51 bits per heavy atom. The number of benzene rings is 9. The van der Waals surface area contributed by atoms with Gasteiger partial charge in [-0.25, -0.2) is 9.97 Å². The van der Waals surface area contributed by atoms with Crippen LogP contribution in [-0.4, -0.2) is 14.5 Å². The number of hydrogen-bond donors (Lipinski definition) is 0. The van der Waals surface area contributed by atoms with Crippen LogP contribution in [0.2, 0.25) is 0 Å². The van der Waals surface area contributed by atoms with E-state index in [1.54, 1.807) is 0 Å². The Labute approximate surface area is 379 Å². The molecule has 0 saturated carbocycles. The molecule has 0 aliphatic heterocycles. The number of fused-ring (bicyclic) bond motifs is 12. The van der Waals surface area contributed by atoms with Crippen molar-refractivity contribution in [1.29, 1.82) is 0 Å². The number of rotatable bonds is 5. The topological polar surface area (TPSA) is 30.7 Å². The second kappa shape index (κ2) is 14.2. The molecule has 2 aliphatic carbocycles. The first-order chi connectivity index (χ1) is 32.0. The van der Waals surface area contributed by atoms with Gasteiger partial charge in [0.15, 0.2) is 5.82 Å². The lowest BCUT2D eigenvalue weighted by Gasteiger charge is -2.46. The molecule has 0 radical (unpaired) electrons. The Balaban J connectivity index is 0.935. The molecular formula is C62H43N3. The van der Waals surface area contributed by atoms with Crippen LogP contribution in [0.3, 0.4) is 0 Å². The summed E-state index contributed by atoms with van der Waals surface area (Å²) in [6, 6.07) is 81.9. The lowest BCUT2D eigenvalue weighted by atomic mass is 9.55. The molecule has 3 heteroatoms. The first-order valence-electron chi connectivity index (χ1n) is 22.6. The van der Waals surface area contributed by atoms with E-state index >= 15 is 0 Å². The van der Waals surface area contributed by atoms with Crippen molar-refractivity contribution in [1.82, 2.24) is 14.5 Å². The van der Waals surface area contributed by atoms with Crippen molar-refractivity contribution in [3.8, 4) is 61.8 Å². The highest BCUT2D eigenvalue weighted by atomic mass is 15.0. The van der Waals surface area contributed by atoms with E-state index in [4.69, 9.17) is 9.97 Å². The van der Waals surface area contributed by atoms with Gasteiger partial charge < -0.3 is 4.57 Å². The fraction of sp³-hybridized carbons (Fsp3) is 0.0645. The van der Waals surface area contributed by atoms with Gasteiger partial charge in [0.25, 0.3) is 0 Å². The highest BCUT2D eigenvalue weighted by Gasteiger charge is 2.53. The molecule has 1 spiro atoms. The summed E-state index contributed by atoms with van der Waals surface area (Å²) in [4.78, 5) is 10.5. The van der Waals surface area contributed by atoms with Gasteiger partial charge in [-0.05, 0) is 98.1 Å². The molecule has 0 bridgehead atoms. The first kappa shape index (κ1) is 37.4. The zero-order valence-electron chi connectivity index (χ0n) is 36.2. The zero-order chi connectivity index (χ0) is 43.3. The number of nitrogens with zero attached hydrogens (tertiary/aromatic N) is 3. The summed E-state index contributed by atoms with van der Waals surface area (Å²) in [5.74, 6) is 0.701. The highest BCUT2D eigenvalue weighted by molar-refractivity contribution is 6.09. The van der Waals surface area contributed by atoms with Crippen LogP contribution in [0, 0.1) is 0 Å². The molecule has 65 heavy (non-hydrogen) atoms. The molecule has 11 aromatic rings. The van der Waals surface area contributed by atoms with Crippen molar-refractivity contribution in [3.05, 3.63) is 258 Å². The van der Waals surface area contributed by atoms with Crippen molar-refractivity contribution in [2.45, 2.75) is 24.7 Å². The van der Waals surface area contributed by atoms with Gasteiger partial charge in [0.05, 0.1) is 27.8 Å². The SMILES string of the molecule is CC1(C)c2ccccc2C2(c3ccccc3-c3ccccc32)c2ccc(-c3cccc(-c4cc(-c5ccc(-n6c7ccccc7c7ccccc76)cc5)nc(-c5ccccc5)n4)c3)cc21.